The van der Waals surface area contributed by atoms with Crippen LogP contribution in [0.25, 0.3) is 0 Å². The molecule has 4 rings (SSSR count). The largest absolute Gasteiger partial charge is 0.367 e. The van der Waals surface area contributed by atoms with Crippen molar-refractivity contribution in [3.63, 3.8) is 0 Å². The molecule has 2 saturated heterocycles. The maximum Gasteiger partial charge on any atom is 0.229 e. The SMILES string of the molecule is NC1CCN(c2[c]nc(Nc3ccccc3)nc2N2CCC(N)CC2)CC1. The Kier molecular flexibility index (Phi) is 5.40. The van der Waals surface area contributed by atoms with Gasteiger partial charge in [0.05, 0.1) is 0 Å². The number of nitrogens with zero attached hydrogens (tertiary/aromatic N) is 4. The van der Waals surface area contributed by atoms with Crippen LogP contribution in [-0.4, -0.2) is 48.2 Å². The van der Waals surface area contributed by atoms with E-state index >= 15 is 0 Å². The average Bonchev–Trinajstić information content (AvgIpc) is 2.70. The number of rotatable bonds is 4. The molecule has 5 N–H and O–H groups in total. The van der Waals surface area contributed by atoms with Crippen molar-refractivity contribution >= 4 is 23.1 Å². The van der Waals surface area contributed by atoms with E-state index in [1.807, 2.05) is 30.3 Å². The number of hydrogen-bond acceptors (Lipinski definition) is 7. The van der Waals surface area contributed by atoms with Crippen molar-refractivity contribution < 1.29 is 0 Å². The lowest BCUT2D eigenvalue weighted by Crippen LogP contribution is -2.43. The highest BCUT2D eigenvalue weighted by Gasteiger charge is 2.25. The van der Waals surface area contributed by atoms with Gasteiger partial charge in [0.25, 0.3) is 0 Å². The molecular weight excluding hydrogens is 338 g/mol. The van der Waals surface area contributed by atoms with Crippen molar-refractivity contribution in [3.8, 4) is 0 Å². The lowest BCUT2D eigenvalue weighted by Gasteiger charge is -2.37. The van der Waals surface area contributed by atoms with E-state index in [1.54, 1.807) is 0 Å². The van der Waals surface area contributed by atoms with Gasteiger partial charge >= 0.3 is 0 Å². The van der Waals surface area contributed by atoms with Crippen LogP contribution in [0.5, 0.6) is 0 Å². The minimum atomic E-state index is 0.283. The van der Waals surface area contributed by atoms with Crippen LogP contribution in [0.3, 0.4) is 0 Å². The van der Waals surface area contributed by atoms with E-state index in [9.17, 15) is 0 Å². The minimum Gasteiger partial charge on any atom is -0.367 e. The fourth-order valence-electron chi connectivity index (χ4n) is 3.71. The zero-order valence-electron chi connectivity index (χ0n) is 15.6. The van der Waals surface area contributed by atoms with E-state index in [2.05, 4.69) is 26.3 Å². The van der Waals surface area contributed by atoms with Crippen LogP contribution in [0, 0.1) is 6.20 Å². The molecule has 0 unspecified atom stereocenters. The summed E-state index contributed by atoms with van der Waals surface area (Å²) in [5.41, 5.74) is 14.1. The minimum absolute atomic E-state index is 0.283. The van der Waals surface area contributed by atoms with Crippen molar-refractivity contribution in [3.05, 3.63) is 36.5 Å². The van der Waals surface area contributed by atoms with Crippen LogP contribution < -0.4 is 26.6 Å². The smallest absolute Gasteiger partial charge is 0.229 e. The summed E-state index contributed by atoms with van der Waals surface area (Å²) in [6.07, 6.45) is 7.20. The Morgan fingerprint density at radius 3 is 2.11 bits per heavy atom. The Balaban J connectivity index is 1.61. The summed E-state index contributed by atoms with van der Waals surface area (Å²) in [6, 6.07) is 10.5. The zero-order chi connectivity index (χ0) is 18.6. The van der Waals surface area contributed by atoms with Crippen molar-refractivity contribution in [1.29, 1.82) is 0 Å². The average molecular weight is 366 g/mol. The van der Waals surface area contributed by atoms with Gasteiger partial charge in [-0.05, 0) is 37.8 Å². The van der Waals surface area contributed by atoms with Crippen LogP contribution in [-0.2, 0) is 0 Å². The maximum atomic E-state index is 6.10. The van der Waals surface area contributed by atoms with Gasteiger partial charge in [-0.15, -0.1) is 0 Å². The molecule has 1 radical (unpaired) electrons. The topological polar surface area (TPSA) is 96.3 Å². The number of nitrogens with two attached hydrogens (primary N) is 2. The van der Waals surface area contributed by atoms with Crippen LogP contribution in [0.1, 0.15) is 25.7 Å². The summed E-state index contributed by atoms with van der Waals surface area (Å²) in [4.78, 5) is 14.0. The molecule has 27 heavy (non-hydrogen) atoms. The Hall–Kier alpha value is -2.38. The van der Waals surface area contributed by atoms with Gasteiger partial charge in [-0.25, -0.2) is 4.98 Å². The van der Waals surface area contributed by atoms with E-state index in [1.165, 1.54) is 0 Å². The second-order valence-corrected chi connectivity index (χ2v) is 7.47. The first-order valence-electron chi connectivity index (χ1n) is 9.82. The van der Waals surface area contributed by atoms with E-state index in [0.29, 0.717) is 5.95 Å². The first kappa shape index (κ1) is 18.0. The molecule has 143 valence electrons. The van der Waals surface area contributed by atoms with Gasteiger partial charge in [-0.1, -0.05) is 18.2 Å². The van der Waals surface area contributed by atoms with Gasteiger partial charge in [0.15, 0.2) is 5.82 Å². The third-order valence-electron chi connectivity index (χ3n) is 5.42. The molecule has 0 amide bonds. The first-order chi connectivity index (χ1) is 13.2. The fraction of sp³-hybridized carbons (Fsp3) is 0.500. The van der Waals surface area contributed by atoms with E-state index in [4.69, 9.17) is 16.5 Å². The van der Waals surface area contributed by atoms with Crippen LogP contribution in [0.2, 0.25) is 0 Å². The molecule has 0 aliphatic carbocycles. The van der Waals surface area contributed by atoms with Crippen molar-refractivity contribution in [1.82, 2.24) is 9.97 Å². The van der Waals surface area contributed by atoms with Crippen molar-refractivity contribution in [2.24, 2.45) is 11.5 Å². The number of aromatic nitrogens is 2. The molecule has 2 aromatic rings. The van der Waals surface area contributed by atoms with Gasteiger partial charge in [0.2, 0.25) is 5.95 Å². The van der Waals surface area contributed by atoms with Crippen LogP contribution in [0.4, 0.5) is 23.1 Å². The summed E-state index contributed by atoms with van der Waals surface area (Å²) in [6.45, 7) is 3.67. The predicted molar refractivity (Wildman–Crippen MR) is 109 cm³/mol. The summed E-state index contributed by atoms with van der Waals surface area (Å²) in [5, 5.41) is 3.29. The Morgan fingerprint density at radius 2 is 1.48 bits per heavy atom. The monoisotopic (exact) mass is 366 g/mol. The normalized spacial score (nSPS) is 19.3. The molecule has 3 heterocycles. The highest BCUT2D eigenvalue weighted by Crippen LogP contribution is 2.31. The second kappa shape index (κ2) is 8.10. The summed E-state index contributed by atoms with van der Waals surface area (Å²) in [7, 11) is 0. The fourth-order valence-corrected chi connectivity index (χ4v) is 3.71. The van der Waals surface area contributed by atoms with Gasteiger partial charge < -0.3 is 26.6 Å². The molecule has 1 aromatic carbocycles. The molecule has 1 aromatic heterocycles. The molecule has 7 heteroatoms. The number of hydrogen-bond donors (Lipinski definition) is 3. The van der Waals surface area contributed by atoms with E-state index < -0.39 is 0 Å². The summed E-state index contributed by atoms with van der Waals surface area (Å²) >= 11 is 0. The quantitative estimate of drug-likeness (QED) is 0.760. The van der Waals surface area contributed by atoms with Crippen molar-refractivity contribution in [2.45, 2.75) is 37.8 Å². The first-order valence-corrected chi connectivity index (χ1v) is 9.82. The molecule has 0 bridgehead atoms. The third kappa shape index (κ3) is 4.31. The molecule has 2 fully saturated rings. The van der Waals surface area contributed by atoms with Gasteiger partial charge in [0, 0.05) is 44.0 Å². The molecule has 0 spiro atoms. The third-order valence-corrected chi connectivity index (χ3v) is 5.42. The Morgan fingerprint density at radius 1 is 0.889 bits per heavy atom. The van der Waals surface area contributed by atoms with Gasteiger partial charge in [-0.3, -0.25) is 0 Å². The summed E-state index contributed by atoms with van der Waals surface area (Å²) < 4.78 is 0. The molecule has 0 saturated carbocycles. The molecular formula is C20H28N7. The standard InChI is InChI=1S/C20H28N7/c21-15-6-10-26(11-7-15)18-14-23-20(24-17-4-2-1-3-5-17)25-19(18)27-12-8-16(22)9-13-27/h1-5,15-16H,6-13,21-22H2,(H,23,24,25). The van der Waals surface area contributed by atoms with Crippen LogP contribution in [0.15, 0.2) is 30.3 Å². The maximum absolute atomic E-state index is 6.10. The Labute approximate surface area is 160 Å². The highest BCUT2D eigenvalue weighted by molar-refractivity contribution is 5.68. The number of nitrogens with one attached hydrogen (secondary N) is 1. The molecule has 2 aliphatic rings. The van der Waals surface area contributed by atoms with Crippen LogP contribution >= 0.6 is 0 Å². The number of para-hydroxylation sites is 1. The summed E-state index contributed by atoms with van der Waals surface area (Å²) in [5.74, 6) is 1.52. The molecule has 0 atom stereocenters. The molecule has 2 aliphatic heterocycles. The number of piperidine rings is 2. The number of benzene rings is 1. The number of anilines is 4. The lowest BCUT2D eigenvalue weighted by atomic mass is 10.0. The zero-order valence-corrected chi connectivity index (χ0v) is 15.6. The van der Waals surface area contributed by atoms with E-state index in [0.717, 1.165) is 69.1 Å². The molecule has 7 nitrogen and oxygen atoms in total. The van der Waals surface area contributed by atoms with Gasteiger partial charge in [-0.2, -0.15) is 4.98 Å². The Bertz CT molecular complexity index is 735. The van der Waals surface area contributed by atoms with E-state index in [-0.39, 0.29) is 12.1 Å². The highest BCUT2D eigenvalue weighted by atomic mass is 15.3. The second-order valence-electron chi connectivity index (χ2n) is 7.47. The lowest BCUT2D eigenvalue weighted by molar-refractivity contribution is 0.490. The predicted octanol–water partition coefficient (Wildman–Crippen LogP) is 1.88. The van der Waals surface area contributed by atoms with Gasteiger partial charge in [0.1, 0.15) is 11.9 Å². The van der Waals surface area contributed by atoms with Crippen molar-refractivity contribution in [2.75, 3.05) is 41.3 Å².